The molecule has 7 heteroatoms. The van der Waals surface area contributed by atoms with Crippen molar-refractivity contribution in [2.24, 2.45) is 11.8 Å². The molecule has 1 amide bonds. The van der Waals surface area contributed by atoms with E-state index in [4.69, 9.17) is 9.47 Å². The fraction of sp³-hybridized carbons (Fsp3) is 0.720. The van der Waals surface area contributed by atoms with E-state index < -0.39 is 11.7 Å². The molecule has 0 radical (unpaired) electrons. The van der Waals surface area contributed by atoms with E-state index in [0.29, 0.717) is 31.2 Å². The molecular weight excluding hydrogens is 406 g/mol. The molecular formula is C25H41N3O4. The van der Waals surface area contributed by atoms with Crippen molar-refractivity contribution in [3.8, 4) is 0 Å². The molecule has 1 N–H and O–H groups in total. The SMILES string of the molecule is CCOC(=O)/C(=C/C(CC)CNC(=O)OC(C)(C)C)Cc1cn([C@H]2CC[C@H](C)CC2)cn1. The van der Waals surface area contributed by atoms with Gasteiger partial charge < -0.3 is 19.4 Å². The summed E-state index contributed by atoms with van der Waals surface area (Å²) < 4.78 is 12.8. The molecule has 1 aliphatic rings. The van der Waals surface area contributed by atoms with Crippen molar-refractivity contribution in [2.75, 3.05) is 13.2 Å². The van der Waals surface area contributed by atoms with Crippen LogP contribution in [-0.2, 0) is 20.7 Å². The topological polar surface area (TPSA) is 82.5 Å². The van der Waals surface area contributed by atoms with Gasteiger partial charge in [0.2, 0.25) is 0 Å². The summed E-state index contributed by atoms with van der Waals surface area (Å²) in [5.41, 5.74) is 0.887. The average molecular weight is 448 g/mol. The third-order valence-corrected chi connectivity index (χ3v) is 5.84. The minimum Gasteiger partial charge on any atom is -0.463 e. The van der Waals surface area contributed by atoms with Gasteiger partial charge in [0.1, 0.15) is 5.60 Å². The summed E-state index contributed by atoms with van der Waals surface area (Å²) in [6, 6.07) is 0.490. The molecule has 1 aromatic heterocycles. The first kappa shape index (κ1) is 25.9. The van der Waals surface area contributed by atoms with Crippen LogP contribution >= 0.6 is 0 Å². The number of esters is 1. The predicted octanol–water partition coefficient (Wildman–Crippen LogP) is 5.22. The van der Waals surface area contributed by atoms with Gasteiger partial charge in [0.25, 0.3) is 0 Å². The monoisotopic (exact) mass is 447 g/mol. The average Bonchev–Trinajstić information content (AvgIpc) is 3.18. The lowest BCUT2D eigenvalue weighted by Crippen LogP contribution is -2.35. The highest BCUT2D eigenvalue weighted by Gasteiger charge is 2.22. The Bertz CT molecular complexity index is 770. The summed E-state index contributed by atoms with van der Waals surface area (Å²) >= 11 is 0. The minimum absolute atomic E-state index is 0.0103. The number of carbonyl (C=O) groups is 2. The summed E-state index contributed by atoms with van der Waals surface area (Å²) in [6.45, 7) is 12.3. The molecule has 1 heterocycles. The van der Waals surface area contributed by atoms with Gasteiger partial charge >= 0.3 is 12.1 Å². The van der Waals surface area contributed by atoms with Crippen LogP contribution in [0.4, 0.5) is 4.79 Å². The van der Waals surface area contributed by atoms with E-state index in [9.17, 15) is 9.59 Å². The quantitative estimate of drug-likeness (QED) is 0.415. The Kier molecular flexibility index (Phi) is 9.79. The highest BCUT2D eigenvalue weighted by Crippen LogP contribution is 2.31. The van der Waals surface area contributed by atoms with Crippen molar-refractivity contribution in [3.63, 3.8) is 0 Å². The van der Waals surface area contributed by atoms with E-state index in [1.807, 2.05) is 40.1 Å². The van der Waals surface area contributed by atoms with E-state index in [1.165, 1.54) is 25.7 Å². The van der Waals surface area contributed by atoms with Crippen molar-refractivity contribution in [1.82, 2.24) is 14.9 Å². The Morgan fingerprint density at radius 3 is 2.53 bits per heavy atom. The van der Waals surface area contributed by atoms with Crippen LogP contribution in [0.15, 0.2) is 24.2 Å². The molecule has 2 rings (SSSR count). The Morgan fingerprint density at radius 1 is 1.25 bits per heavy atom. The highest BCUT2D eigenvalue weighted by atomic mass is 16.6. The maximum atomic E-state index is 12.6. The van der Waals surface area contributed by atoms with Crippen LogP contribution in [0, 0.1) is 11.8 Å². The highest BCUT2D eigenvalue weighted by molar-refractivity contribution is 5.88. The number of ether oxygens (including phenoxy) is 2. The maximum Gasteiger partial charge on any atom is 0.407 e. The molecule has 0 bridgehead atoms. The van der Waals surface area contributed by atoms with E-state index in [0.717, 1.165) is 18.0 Å². The number of nitrogens with zero attached hydrogens (tertiary/aromatic N) is 2. The predicted molar refractivity (Wildman–Crippen MR) is 125 cm³/mol. The summed E-state index contributed by atoms with van der Waals surface area (Å²) in [6.07, 6.45) is 11.4. The number of alkyl carbamates (subject to hydrolysis) is 1. The maximum absolute atomic E-state index is 12.6. The van der Waals surface area contributed by atoms with Gasteiger partial charge in [-0.1, -0.05) is 19.9 Å². The molecule has 1 saturated carbocycles. The third-order valence-electron chi connectivity index (χ3n) is 5.84. The molecule has 0 aliphatic heterocycles. The van der Waals surface area contributed by atoms with Gasteiger partial charge in [-0.15, -0.1) is 0 Å². The zero-order valence-corrected chi connectivity index (χ0v) is 20.6. The Balaban J connectivity index is 2.07. The molecule has 1 fully saturated rings. The standard InChI is InChI=1S/C25H41N3O4/c1-7-19(15-26-24(30)32-25(4,5)6)13-20(23(29)31-8-2)14-21-16-28(17-27-21)22-11-9-18(3)10-12-22/h13,16-19,22H,7-12,14-15H2,1-6H3,(H,26,30)/b20-13+/t18-,19?,22-. The Labute approximate surface area is 193 Å². The van der Waals surface area contributed by atoms with Gasteiger partial charge in [-0.25, -0.2) is 14.6 Å². The summed E-state index contributed by atoms with van der Waals surface area (Å²) in [4.78, 5) is 29.2. The number of amides is 1. The van der Waals surface area contributed by atoms with E-state index in [1.54, 1.807) is 6.92 Å². The van der Waals surface area contributed by atoms with E-state index in [2.05, 4.69) is 28.0 Å². The van der Waals surface area contributed by atoms with Crippen LogP contribution in [0.5, 0.6) is 0 Å². The number of carbonyl (C=O) groups excluding carboxylic acids is 2. The van der Waals surface area contributed by atoms with Gasteiger partial charge in [-0.3, -0.25) is 0 Å². The molecule has 0 aromatic carbocycles. The molecule has 0 spiro atoms. The lowest BCUT2D eigenvalue weighted by Gasteiger charge is -2.26. The van der Waals surface area contributed by atoms with Crippen molar-refractivity contribution >= 4 is 12.1 Å². The Morgan fingerprint density at radius 2 is 1.94 bits per heavy atom. The van der Waals surface area contributed by atoms with Crippen LogP contribution in [0.2, 0.25) is 0 Å². The van der Waals surface area contributed by atoms with Crippen LogP contribution in [0.3, 0.4) is 0 Å². The van der Waals surface area contributed by atoms with Gasteiger partial charge in [-0.05, 0) is 71.6 Å². The molecule has 1 unspecified atom stereocenters. The first-order valence-corrected chi connectivity index (χ1v) is 12.0. The third kappa shape index (κ3) is 8.67. The molecule has 180 valence electrons. The molecule has 0 saturated heterocycles. The van der Waals surface area contributed by atoms with E-state index >= 15 is 0 Å². The zero-order chi connectivity index (χ0) is 23.7. The number of rotatable bonds is 9. The summed E-state index contributed by atoms with van der Waals surface area (Å²) in [5, 5.41) is 2.80. The smallest absolute Gasteiger partial charge is 0.407 e. The zero-order valence-electron chi connectivity index (χ0n) is 20.6. The van der Waals surface area contributed by atoms with E-state index in [-0.39, 0.29) is 11.9 Å². The summed E-state index contributed by atoms with van der Waals surface area (Å²) in [5.74, 6) is 0.459. The normalized spacial score (nSPS) is 20.5. The van der Waals surface area contributed by atoms with Gasteiger partial charge in [0, 0.05) is 30.8 Å². The second kappa shape index (κ2) is 12.1. The molecule has 1 aromatic rings. The van der Waals surface area contributed by atoms with Gasteiger partial charge in [0.05, 0.1) is 18.6 Å². The van der Waals surface area contributed by atoms with Crippen molar-refractivity contribution in [3.05, 3.63) is 29.9 Å². The van der Waals surface area contributed by atoms with Gasteiger partial charge in [-0.2, -0.15) is 0 Å². The molecule has 1 atom stereocenters. The second-order valence-electron chi connectivity index (χ2n) is 9.87. The van der Waals surface area contributed by atoms with Crippen LogP contribution in [0.25, 0.3) is 0 Å². The Hall–Kier alpha value is -2.31. The number of aromatic nitrogens is 2. The van der Waals surface area contributed by atoms with Crippen LogP contribution in [0.1, 0.15) is 85.4 Å². The number of hydrogen-bond acceptors (Lipinski definition) is 5. The van der Waals surface area contributed by atoms with Crippen molar-refractivity contribution in [2.45, 2.75) is 91.7 Å². The number of hydrogen-bond donors (Lipinski definition) is 1. The van der Waals surface area contributed by atoms with Crippen LogP contribution in [-0.4, -0.2) is 40.4 Å². The second-order valence-corrected chi connectivity index (χ2v) is 9.87. The lowest BCUT2D eigenvalue weighted by atomic mass is 9.87. The van der Waals surface area contributed by atoms with Crippen molar-refractivity contribution < 1.29 is 19.1 Å². The lowest BCUT2D eigenvalue weighted by molar-refractivity contribution is -0.138. The number of imidazole rings is 1. The van der Waals surface area contributed by atoms with Crippen molar-refractivity contribution in [1.29, 1.82) is 0 Å². The largest absolute Gasteiger partial charge is 0.463 e. The molecule has 1 aliphatic carbocycles. The molecule has 32 heavy (non-hydrogen) atoms. The van der Waals surface area contributed by atoms with Crippen LogP contribution < -0.4 is 5.32 Å². The fourth-order valence-corrected chi connectivity index (χ4v) is 3.96. The fourth-order valence-electron chi connectivity index (χ4n) is 3.96. The minimum atomic E-state index is -0.549. The first-order chi connectivity index (χ1) is 15.1. The van der Waals surface area contributed by atoms with Gasteiger partial charge in [0.15, 0.2) is 0 Å². The number of nitrogens with one attached hydrogen (secondary N) is 1. The molecule has 7 nitrogen and oxygen atoms in total. The summed E-state index contributed by atoms with van der Waals surface area (Å²) in [7, 11) is 0. The first-order valence-electron chi connectivity index (χ1n) is 12.0.